The molecule has 6 nitrogen and oxygen atoms in total. The van der Waals surface area contributed by atoms with E-state index in [9.17, 15) is 14.4 Å². The van der Waals surface area contributed by atoms with Crippen molar-refractivity contribution in [1.82, 2.24) is 4.90 Å². The van der Waals surface area contributed by atoms with Gasteiger partial charge in [-0.2, -0.15) is 0 Å². The molecule has 0 aromatic heterocycles. The van der Waals surface area contributed by atoms with E-state index < -0.39 is 24.0 Å². The largest absolute Gasteiger partial charge is 0.344 e. The van der Waals surface area contributed by atoms with Crippen LogP contribution in [-0.2, 0) is 14.3 Å². The van der Waals surface area contributed by atoms with Crippen molar-refractivity contribution in [2.75, 3.05) is 0 Å². The minimum Gasteiger partial charge on any atom is -0.344 e. The van der Waals surface area contributed by atoms with Gasteiger partial charge in [-0.15, -0.1) is 0 Å². The summed E-state index contributed by atoms with van der Waals surface area (Å²) in [7, 11) is 0. The van der Waals surface area contributed by atoms with Crippen LogP contribution in [0.4, 0.5) is 0 Å². The van der Waals surface area contributed by atoms with Gasteiger partial charge >= 0.3 is 0 Å². The third-order valence-corrected chi connectivity index (χ3v) is 4.81. The Hall–Kier alpha value is -2.05. The third kappa shape index (κ3) is 1.98. The second kappa shape index (κ2) is 4.72. The zero-order valence-electron chi connectivity index (χ0n) is 12.9. The average molecular weight is 315 g/mol. The third-order valence-electron chi connectivity index (χ3n) is 4.81. The Morgan fingerprint density at radius 3 is 2.22 bits per heavy atom. The van der Waals surface area contributed by atoms with Gasteiger partial charge in [-0.05, 0) is 32.4 Å². The van der Waals surface area contributed by atoms with E-state index in [1.165, 1.54) is 4.90 Å². The molecule has 0 N–H and O–H groups in total. The summed E-state index contributed by atoms with van der Waals surface area (Å²) in [5.41, 5.74) is 0.809. The maximum Gasteiger partial charge on any atom is 0.261 e. The van der Waals surface area contributed by atoms with Crippen molar-refractivity contribution < 1.29 is 23.9 Å². The van der Waals surface area contributed by atoms with Crippen LogP contribution in [0.25, 0.3) is 0 Å². The molecule has 1 saturated heterocycles. The number of carbonyl (C=O) groups is 3. The lowest BCUT2D eigenvalue weighted by Gasteiger charge is -2.28. The molecular weight excluding hydrogens is 298 g/mol. The lowest BCUT2D eigenvalue weighted by atomic mass is 10.1. The molecule has 2 fully saturated rings. The van der Waals surface area contributed by atoms with Crippen LogP contribution in [0.1, 0.15) is 41.0 Å². The minimum atomic E-state index is -0.825. The lowest BCUT2D eigenvalue weighted by molar-refractivity contribution is -0.161. The molecule has 6 heteroatoms. The molecular formula is C17H17NO5. The number of carbonyl (C=O) groups excluding carboxylic acids is 3. The minimum absolute atomic E-state index is 0.325. The number of rotatable bonds is 2. The highest BCUT2D eigenvalue weighted by molar-refractivity contribution is 6.21. The van der Waals surface area contributed by atoms with Crippen LogP contribution in [0.3, 0.4) is 0 Å². The fourth-order valence-corrected chi connectivity index (χ4v) is 3.89. The van der Waals surface area contributed by atoms with Crippen LogP contribution in [0.5, 0.6) is 0 Å². The molecule has 2 aliphatic heterocycles. The monoisotopic (exact) mass is 315 g/mol. The standard InChI is InChI=1S/C17H17NO5/c1-17(2)22-13-9(8-19)7-12(14(13)23-17)18-15(20)10-5-3-4-6-11(10)16(18)21/h3-6,8-9,12-14H,7H2,1-2H3/t9-,12-,13?,14+/m1/s1. The van der Waals surface area contributed by atoms with E-state index in [0.717, 1.165) is 6.29 Å². The highest BCUT2D eigenvalue weighted by Crippen LogP contribution is 2.44. The van der Waals surface area contributed by atoms with Crippen molar-refractivity contribution in [2.24, 2.45) is 5.92 Å². The molecule has 120 valence electrons. The van der Waals surface area contributed by atoms with E-state index in [1.54, 1.807) is 38.1 Å². The number of ether oxygens (including phenoxy) is 2. The highest BCUT2D eigenvalue weighted by Gasteiger charge is 2.58. The first-order valence-corrected chi connectivity index (χ1v) is 7.71. The van der Waals surface area contributed by atoms with E-state index in [0.29, 0.717) is 17.5 Å². The Balaban J connectivity index is 1.70. The lowest BCUT2D eigenvalue weighted by Crippen LogP contribution is -2.46. The molecule has 1 unspecified atom stereocenters. The first-order valence-electron chi connectivity index (χ1n) is 7.71. The predicted molar refractivity (Wildman–Crippen MR) is 78.7 cm³/mol. The molecule has 1 aliphatic carbocycles. The average Bonchev–Trinajstić information content (AvgIpc) is 3.08. The Labute approximate surface area is 133 Å². The number of nitrogens with zero attached hydrogens (tertiary/aromatic N) is 1. The number of amides is 2. The maximum absolute atomic E-state index is 12.7. The summed E-state index contributed by atoms with van der Waals surface area (Å²) in [6, 6.07) is 6.28. The number of hydrogen-bond acceptors (Lipinski definition) is 5. The summed E-state index contributed by atoms with van der Waals surface area (Å²) in [5.74, 6) is -1.85. The number of benzene rings is 1. The normalized spacial score (nSPS) is 34.6. The fraction of sp³-hybridized carbons (Fsp3) is 0.471. The molecule has 0 radical (unpaired) electrons. The summed E-state index contributed by atoms with van der Waals surface area (Å²) < 4.78 is 11.7. The highest BCUT2D eigenvalue weighted by atomic mass is 16.8. The molecule has 4 rings (SSSR count). The molecule has 4 atom stereocenters. The van der Waals surface area contributed by atoms with Crippen molar-refractivity contribution in [1.29, 1.82) is 0 Å². The molecule has 1 aromatic rings. The van der Waals surface area contributed by atoms with Gasteiger partial charge in [0.1, 0.15) is 12.4 Å². The van der Waals surface area contributed by atoms with E-state index in [4.69, 9.17) is 9.47 Å². The second-order valence-corrected chi connectivity index (χ2v) is 6.69. The van der Waals surface area contributed by atoms with E-state index in [1.807, 2.05) is 0 Å². The zero-order valence-corrected chi connectivity index (χ0v) is 12.9. The molecule has 0 spiro atoms. The van der Waals surface area contributed by atoms with Crippen LogP contribution in [0.2, 0.25) is 0 Å². The van der Waals surface area contributed by atoms with Crippen LogP contribution in [0, 0.1) is 5.92 Å². The fourth-order valence-electron chi connectivity index (χ4n) is 3.89. The van der Waals surface area contributed by atoms with Gasteiger partial charge in [0.2, 0.25) is 0 Å². The summed E-state index contributed by atoms with van der Waals surface area (Å²) in [5, 5.41) is 0. The van der Waals surface area contributed by atoms with Crippen molar-refractivity contribution in [3.05, 3.63) is 35.4 Å². The van der Waals surface area contributed by atoms with Crippen LogP contribution >= 0.6 is 0 Å². The number of hydrogen-bond donors (Lipinski definition) is 0. The first kappa shape index (κ1) is 14.5. The van der Waals surface area contributed by atoms with Crippen LogP contribution < -0.4 is 0 Å². The van der Waals surface area contributed by atoms with Gasteiger partial charge in [0.05, 0.1) is 23.3 Å². The van der Waals surface area contributed by atoms with Crippen LogP contribution in [0.15, 0.2) is 24.3 Å². The molecule has 23 heavy (non-hydrogen) atoms. The molecule has 2 heterocycles. The summed E-state index contributed by atoms with van der Waals surface area (Å²) in [6.45, 7) is 3.54. The SMILES string of the molecule is CC1(C)OC2[C@@H](O1)[C@H](N1C(=O)c3ccccc3C1=O)C[C@@H]2C=O. The smallest absolute Gasteiger partial charge is 0.261 e. The maximum atomic E-state index is 12.7. The molecule has 0 bridgehead atoms. The van der Waals surface area contributed by atoms with Crippen molar-refractivity contribution in [3.8, 4) is 0 Å². The summed E-state index contributed by atoms with van der Waals surface area (Å²) >= 11 is 0. The van der Waals surface area contributed by atoms with Gasteiger partial charge in [0.25, 0.3) is 11.8 Å². The van der Waals surface area contributed by atoms with Crippen molar-refractivity contribution >= 4 is 18.1 Å². The Kier molecular flexibility index (Phi) is 2.98. The predicted octanol–water partition coefficient (Wildman–Crippen LogP) is 1.39. The first-order chi connectivity index (χ1) is 10.9. The molecule has 1 saturated carbocycles. The number of aldehydes is 1. The summed E-state index contributed by atoms with van der Waals surface area (Å²) in [6.07, 6.45) is 0.320. The van der Waals surface area contributed by atoms with Gasteiger partial charge in [0.15, 0.2) is 5.79 Å². The Morgan fingerprint density at radius 2 is 1.65 bits per heavy atom. The van der Waals surface area contributed by atoms with Gasteiger partial charge in [-0.3, -0.25) is 14.5 Å². The zero-order chi connectivity index (χ0) is 16.4. The quantitative estimate of drug-likeness (QED) is 0.609. The van der Waals surface area contributed by atoms with Gasteiger partial charge in [0, 0.05) is 5.92 Å². The van der Waals surface area contributed by atoms with Crippen LogP contribution in [-0.4, -0.2) is 47.0 Å². The Morgan fingerprint density at radius 1 is 1.09 bits per heavy atom. The van der Waals surface area contributed by atoms with Crippen molar-refractivity contribution in [3.63, 3.8) is 0 Å². The molecule has 1 aromatic carbocycles. The summed E-state index contributed by atoms with van der Waals surface area (Å²) in [4.78, 5) is 37.9. The van der Waals surface area contributed by atoms with E-state index >= 15 is 0 Å². The van der Waals surface area contributed by atoms with E-state index in [2.05, 4.69) is 0 Å². The number of imide groups is 1. The van der Waals surface area contributed by atoms with Gasteiger partial charge in [-0.1, -0.05) is 12.1 Å². The number of fused-ring (bicyclic) bond motifs is 2. The molecule has 2 amide bonds. The molecule has 3 aliphatic rings. The van der Waals surface area contributed by atoms with Gasteiger partial charge < -0.3 is 14.3 Å². The second-order valence-electron chi connectivity index (χ2n) is 6.69. The van der Waals surface area contributed by atoms with Crippen molar-refractivity contribution in [2.45, 2.75) is 44.3 Å². The Bertz CT molecular complexity index is 678. The topological polar surface area (TPSA) is 72.9 Å². The van der Waals surface area contributed by atoms with E-state index in [-0.39, 0.29) is 17.7 Å². The van der Waals surface area contributed by atoms with Gasteiger partial charge in [-0.25, -0.2) is 0 Å².